The lowest BCUT2D eigenvalue weighted by atomic mass is 10.1. The number of nitrogens with zero attached hydrogens (tertiary/aromatic N) is 1. The third kappa shape index (κ3) is 3.35. The van der Waals surface area contributed by atoms with Gasteiger partial charge in [-0.2, -0.15) is 0 Å². The number of hydrogen-bond donors (Lipinski definition) is 0. The standard InChI is InChI=1S/C18H16INO/c19-12-11-17(14-6-2-1-3-7-14)21-18-10-4-9-16-15(18)8-5-13-20-16/h1-10,13,17H,11-12H2/t17-/m0/s1. The van der Waals surface area contributed by atoms with Gasteiger partial charge in [-0.3, -0.25) is 4.98 Å². The van der Waals surface area contributed by atoms with Gasteiger partial charge in [0.15, 0.2) is 0 Å². The number of hydrogen-bond acceptors (Lipinski definition) is 2. The molecule has 0 amide bonds. The summed E-state index contributed by atoms with van der Waals surface area (Å²) in [5.74, 6) is 0.902. The number of alkyl halides is 1. The summed E-state index contributed by atoms with van der Waals surface area (Å²) in [6.45, 7) is 0. The molecule has 0 radical (unpaired) electrons. The quantitative estimate of drug-likeness (QED) is 0.443. The number of aromatic nitrogens is 1. The van der Waals surface area contributed by atoms with Crippen LogP contribution in [-0.4, -0.2) is 9.41 Å². The lowest BCUT2D eigenvalue weighted by Gasteiger charge is -2.19. The molecule has 0 aliphatic carbocycles. The van der Waals surface area contributed by atoms with Crippen LogP contribution in [0, 0.1) is 0 Å². The zero-order chi connectivity index (χ0) is 14.5. The predicted octanol–water partition coefficient (Wildman–Crippen LogP) is 5.18. The third-order valence-corrected chi connectivity index (χ3v) is 4.04. The van der Waals surface area contributed by atoms with Gasteiger partial charge in [-0.05, 0) is 36.2 Å². The largest absolute Gasteiger partial charge is 0.485 e. The first-order valence-electron chi connectivity index (χ1n) is 7.00. The molecule has 0 N–H and O–H groups in total. The van der Waals surface area contributed by atoms with E-state index in [0.717, 1.165) is 27.5 Å². The molecule has 3 rings (SSSR count). The van der Waals surface area contributed by atoms with E-state index in [1.807, 2.05) is 36.5 Å². The van der Waals surface area contributed by atoms with Crippen molar-refractivity contribution in [2.45, 2.75) is 12.5 Å². The first-order valence-corrected chi connectivity index (χ1v) is 8.52. The van der Waals surface area contributed by atoms with Crippen LogP contribution in [0.25, 0.3) is 10.9 Å². The predicted molar refractivity (Wildman–Crippen MR) is 95.1 cm³/mol. The molecule has 0 spiro atoms. The van der Waals surface area contributed by atoms with E-state index in [4.69, 9.17) is 4.74 Å². The zero-order valence-corrected chi connectivity index (χ0v) is 13.7. The van der Waals surface area contributed by atoms with Crippen LogP contribution >= 0.6 is 22.6 Å². The zero-order valence-electron chi connectivity index (χ0n) is 11.6. The lowest BCUT2D eigenvalue weighted by Crippen LogP contribution is -2.08. The fraction of sp³-hybridized carbons (Fsp3) is 0.167. The van der Waals surface area contributed by atoms with Gasteiger partial charge in [0.05, 0.1) is 5.52 Å². The van der Waals surface area contributed by atoms with Gasteiger partial charge in [-0.25, -0.2) is 0 Å². The minimum atomic E-state index is 0.0777. The molecule has 0 aliphatic rings. The van der Waals surface area contributed by atoms with E-state index in [0.29, 0.717) is 0 Å². The molecule has 2 nitrogen and oxygen atoms in total. The van der Waals surface area contributed by atoms with Crippen molar-refractivity contribution in [1.29, 1.82) is 0 Å². The van der Waals surface area contributed by atoms with Crippen LogP contribution in [0.15, 0.2) is 66.9 Å². The van der Waals surface area contributed by atoms with Gasteiger partial charge in [0, 0.05) is 16.0 Å². The van der Waals surface area contributed by atoms with Crippen molar-refractivity contribution in [1.82, 2.24) is 4.98 Å². The van der Waals surface area contributed by atoms with Crippen LogP contribution in [0.2, 0.25) is 0 Å². The minimum absolute atomic E-state index is 0.0777. The van der Waals surface area contributed by atoms with E-state index < -0.39 is 0 Å². The molecular formula is C18H16INO. The monoisotopic (exact) mass is 389 g/mol. The molecule has 1 heterocycles. The number of rotatable bonds is 5. The topological polar surface area (TPSA) is 22.1 Å². The van der Waals surface area contributed by atoms with E-state index in [2.05, 4.69) is 57.9 Å². The van der Waals surface area contributed by atoms with Crippen molar-refractivity contribution in [2.24, 2.45) is 0 Å². The van der Waals surface area contributed by atoms with Crippen molar-refractivity contribution in [3.05, 3.63) is 72.4 Å². The maximum Gasteiger partial charge on any atom is 0.129 e. The summed E-state index contributed by atoms with van der Waals surface area (Å²) in [4.78, 5) is 4.39. The summed E-state index contributed by atoms with van der Waals surface area (Å²) in [6, 6.07) is 20.4. The number of ether oxygens (including phenoxy) is 1. The molecule has 106 valence electrons. The number of halogens is 1. The normalized spacial score (nSPS) is 12.2. The summed E-state index contributed by atoms with van der Waals surface area (Å²) in [7, 11) is 0. The molecular weight excluding hydrogens is 373 g/mol. The van der Waals surface area contributed by atoms with E-state index in [9.17, 15) is 0 Å². The maximum atomic E-state index is 6.31. The average Bonchev–Trinajstić information content (AvgIpc) is 2.55. The summed E-state index contributed by atoms with van der Waals surface area (Å²) < 4.78 is 7.37. The van der Waals surface area contributed by atoms with Gasteiger partial charge in [-0.15, -0.1) is 0 Å². The minimum Gasteiger partial charge on any atom is -0.485 e. The molecule has 3 aromatic rings. The number of benzene rings is 2. The first kappa shape index (κ1) is 14.3. The van der Waals surface area contributed by atoms with Crippen molar-refractivity contribution in [2.75, 3.05) is 4.43 Å². The van der Waals surface area contributed by atoms with Crippen LogP contribution in [-0.2, 0) is 0 Å². The Morgan fingerprint density at radius 2 is 1.81 bits per heavy atom. The van der Waals surface area contributed by atoms with Crippen molar-refractivity contribution >= 4 is 33.5 Å². The highest BCUT2D eigenvalue weighted by molar-refractivity contribution is 14.1. The molecule has 0 fully saturated rings. The third-order valence-electron chi connectivity index (χ3n) is 3.42. The van der Waals surface area contributed by atoms with Gasteiger partial charge in [0.25, 0.3) is 0 Å². The maximum absolute atomic E-state index is 6.31. The van der Waals surface area contributed by atoms with Crippen molar-refractivity contribution in [3.8, 4) is 5.75 Å². The van der Waals surface area contributed by atoms with Gasteiger partial charge < -0.3 is 4.74 Å². The highest BCUT2D eigenvalue weighted by atomic mass is 127. The van der Waals surface area contributed by atoms with Gasteiger partial charge >= 0.3 is 0 Å². The fourth-order valence-electron chi connectivity index (χ4n) is 2.39. The van der Waals surface area contributed by atoms with Crippen molar-refractivity contribution < 1.29 is 4.74 Å². The molecule has 3 heteroatoms. The van der Waals surface area contributed by atoms with E-state index in [1.54, 1.807) is 0 Å². The molecule has 21 heavy (non-hydrogen) atoms. The molecule has 2 aromatic carbocycles. The lowest BCUT2D eigenvalue weighted by molar-refractivity contribution is 0.206. The van der Waals surface area contributed by atoms with Crippen LogP contribution in [0.1, 0.15) is 18.1 Å². The summed E-state index contributed by atoms with van der Waals surface area (Å²) in [6.07, 6.45) is 2.88. The molecule has 0 saturated heterocycles. The van der Waals surface area contributed by atoms with Crippen LogP contribution in [0.4, 0.5) is 0 Å². The summed E-state index contributed by atoms with van der Waals surface area (Å²) in [5.41, 5.74) is 2.19. The second kappa shape index (κ2) is 6.89. The molecule has 1 atom stereocenters. The Kier molecular flexibility index (Phi) is 4.70. The number of fused-ring (bicyclic) bond motifs is 1. The smallest absolute Gasteiger partial charge is 0.129 e. The molecule has 0 bridgehead atoms. The fourth-order valence-corrected chi connectivity index (χ4v) is 2.96. The van der Waals surface area contributed by atoms with Crippen LogP contribution < -0.4 is 4.74 Å². The summed E-state index contributed by atoms with van der Waals surface area (Å²) in [5, 5.41) is 1.06. The SMILES string of the molecule is ICC[C@H](Oc1cccc2ncccc12)c1ccccc1. The van der Waals surface area contributed by atoms with Gasteiger partial charge in [0.1, 0.15) is 11.9 Å². The van der Waals surface area contributed by atoms with E-state index >= 15 is 0 Å². The van der Waals surface area contributed by atoms with Gasteiger partial charge in [-0.1, -0.05) is 59.0 Å². The Morgan fingerprint density at radius 3 is 2.62 bits per heavy atom. The first-order chi connectivity index (χ1) is 10.4. The average molecular weight is 389 g/mol. The second-order valence-electron chi connectivity index (χ2n) is 4.82. The Morgan fingerprint density at radius 1 is 0.952 bits per heavy atom. The Hall–Kier alpha value is -1.62. The number of pyridine rings is 1. The summed E-state index contributed by atoms with van der Waals surface area (Å²) >= 11 is 2.40. The Bertz CT molecular complexity index is 709. The Labute approximate surface area is 138 Å². The molecule has 1 aromatic heterocycles. The second-order valence-corrected chi connectivity index (χ2v) is 5.90. The van der Waals surface area contributed by atoms with Crippen LogP contribution in [0.5, 0.6) is 5.75 Å². The molecule has 0 saturated carbocycles. The van der Waals surface area contributed by atoms with E-state index in [-0.39, 0.29) is 6.10 Å². The van der Waals surface area contributed by atoms with Crippen molar-refractivity contribution in [3.63, 3.8) is 0 Å². The Balaban J connectivity index is 1.95. The van der Waals surface area contributed by atoms with Crippen LogP contribution in [0.3, 0.4) is 0 Å². The van der Waals surface area contributed by atoms with Gasteiger partial charge in [0.2, 0.25) is 0 Å². The highest BCUT2D eigenvalue weighted by Crippen LogP contribution is 2.30. The molecule has 0 unspecified atom stereocenters. The van der Waals surface area contributed by atoms with E-state index in [1.165, 1.54) is 5.56 Å². The highest BCUT2D eigenvalue weighted by Gasteiger charge is 2.14. The molecule has 0 aliphatic heterocycles.